The summed E-state index contributed by atoms with van der Waals surface area (Å²) in [6.07, 6.45) is 9.04. The maximum Gasteiger partial charge on any atom is 0.205 e. The molecule has 2 aromatic rings. The first-order valence-corrected chi connectivity index (χ1v) is 11.4. The number of piperazine rings is 1. The Kier molecular flexibility index (Phi) is 6.85. The molecule has 1 aromatic heterocycles. The van der Waals surface area contributed by atoms with Crippen molar-refractivity contribution in [1.82, 2.24) is 14.3 Å². The van der Waals surface area contributed by atoms with Gasteiger partial charge < -0.3 is 9.64 Å². The van der Waals surface area contributed by atoms with E-state index in [0.29, 0.717) is 0 Å². The van der Waals surface area contributed by atoms with Crippen molar-refractivity contribution < 1.29 is 4.74 Å². The van der Waals surface area contributed by atoms with Crippen molar-refractivity contribution in [3.63, 3.8) is 0 Å². The lowest BCUT2D eigenvalue weighted by Gasteiger charge is -2.34. The number of allylic oxidation sites excluding steroid dienone is 4. The lowest BCUT2D eigenvalue weighted by Crippen LogP contribution is -2.46. The van der Waals surface area contributed by atoms with Crippen LogP contribution in [0.2, 0.25) is 5.02 Å². The van der Waals surface area contributed by atoms with E-state index in [4.69, 9.17) is 21.3 Å². The number of halogens is 1. The highest BCUT2D eigenvalue weighted by molar-refractivity contribution is 7.09. The van der Waals surface area contributed by atoms with Crippen molar-refractivity contribution in [3.05, 3.63) is 52.8 Å². The van der Waals surface area contributed by atoms with Crippen molar-refractivity contribution in [3.8, 4) is 11.4 Å². The van der Waals surface area contributed by atoms with E-state index < -0.39 is 0 Å². The number of nitrogens with zero attached hydrogens (tertiary/aromatic N) is 4. The van der Waals surface area contributed by atoms with E-state index in [9.17, 15) is 0 Å². The Labute approximate surface area is 181 Å². The summed E-state index contributed by atoms with van der Waals surface area (Å²) in [5.41, 5.74) is 2.44. The van der Waals surface area contributed by atoms with Crippen molar-refractivity contribution in [1.29, 1.82) is 0 Å². The summed E-state index contributed by atoms with van der Waals surface area (Å²) in [5, 5.41) is 1.74. The van der Waals surface area contributed by atoms with Gasteiger partial charge in [0.25, 0.3) is 0 Å². The maximum absolute atomic E-state index is 5.97. The molecule has 0 N–H and O–H groups in total. The zero-order chi connectivity index (χ0) is 20.1. The average molecular weight is 431 g/mol. The lowest BCUT2D eigenvalue weighted by molar-refractivity contribution is 0.254. The highest BCUT2D eigenvalue weighted by Crippen LogP contribution is 2.26. The van der Waals surface area contributed by atoms with Gasteiger partial charge in [-0.15, -0.1) is 0 Å². The van der Waals surface area contributed by atoms with Crippen LogP contribution in [0, 0.1) is 0 Å². The van der Waals surface area contributed by atoms with Gasteiger partial charge in [-0.25, -0.2) is 0 Å². The fourth-order valence-corrected chi connectivity index (χ4v) is 4.67. The number of hydrogen-bond donors (Lipinski definition) is 0. The highest BCUT2D eigenvalue weighted by Gasteiger charge is 2.20. The molecule has 1 fully saturated rings. The van der Waals surface area contributed by atoms with Gasteiger partial charge in [-0.2, -0.15) is 9.36 Å². The van der Waals surface area contributed by atoms with E-state index in [1.54, 1.807) is 7.11 Å². The third-order valence-corrected chi connectivity index (χ3v) is 6.54. The van der Waals surface area contributed by atoms with Gasteiger partial charge in [0.2, 0.25) is 5.13 Å². The Morgan fingerprint density at radius 1 is 1.14 bits per heavy atom. The fraction of sp³-hybridized carbons (Fsp3) is 0.455. The van der Waals surface area contributed by atoms with Crippen molar-refractivity contribution >= 4 is 28.3 Å². The molecule has 0 unspecified atom stereocenters. The summed E-state index contributed by atoms with van der Waals surface area (Å²) in [6, 6.07) is 7.70. The Bertz CT molecular complexity index is 869. The molecule has 1 aromatic carbocycles. The van der Waals surface area contributed by atoms with Crippen molar-refractivity contribution in [2.24, 2.45) is 0 Å². The third kappa shape index (κ3) is 5.38. The second kappa shape index (κ2) is 9.74. The van der Waals surface area contributed by atoms with Crippen LogP contribution in [0.1, 0.15) is 25.7 Å². The summed E-state index contributed by atoms with van der Waals surface area (Å²) in [7, 11) is 1.77. The number of benzene rings is 1. The first-order chi connectivity index (χ1) is 14.2. The predicted molar refractivity (Wildman–Crippen MR) is 121 cm³/mol. The molecule has 0 spiro atoms. The minimum absolute atomic E-state index is 0.732. The van der Waals surface area contributed by atoms with Crippen molar-refractivity contribution in [2.75, 3.05) is 44.7 Å². The molecule has 2 aliphatic rings. The second-order valence-corrected chi connectivity index (χ2v) is 8.64. The van der Waals surface area contributed by atoms with Crippen molar-refractivity contribution in [2.45, 2.75) is 25.7 Å². The van der Waals surface area contributed by atoms with Crippen LogP contribution >= 0.6 is 23.1 Å². The molecule has 154 valence electrons. The number of rotatable bonds is 7. The smallest absolute Gasteiger partial charge is 0.205 e. The largest absolute Gasteiger partial charge is 0.501 e. The molecule has 29 heavy (non-hydrogen) atoms. The molecular weight excluding hydrogens is 404 g/mol. The topological polar surface area (TPSA) is 41.5 Å². The predicted octanol–water partition coefficient (Wildman–Crippen LogP) is 5.01. The van der Waals surface area contributed by atoms with Gasteiger partial charge in [0.1, 0.15) is 0 Å². The summed E-state index contributed by atoms with van der Waals surface area (Å²) in [6.45, 7) is 5.31. The fourth-order valence-electron chi connectivity index (χ4n) is 3.80. The number of ether oxygens (including phenoxy) is 1. The maximum atomic E-state index is 5.97. The summed E-state index contributed by atoms with van der Waals surface area (Å²) >= 11 is 7.45. The summed E-state index contributed by atoms with van der Waals surface area (Å²) in [4.78, 5) is 9.65. The van der Waals surface area contributed by atoms with E-state index in [0.717, 1.165) is 79.3 Å². The molecule has 0 amide bonds. The Morgan fingerprint density at radius 2 is 1.93 bits per heavy atom. The van der Waals surface area contributed by atoms with Gasteiger partial charge in [0.15, 0.2) is 5.82 Å². The van der Waals surface area contributed by atoms with Gasteiger partial charge >= 0.3 is 0 Å². The molecule has 5 nitrogen and oxygen atoms in total. The highest BCUT2D eigenvalue weighted by atomic mass is 35.5. The van der Waals surface area contributed by atoms with Crippen LogP contribution < -0.4 is 4.90 Å². The Balaban J connectivity index is 1.23. The lowest BCUT2D eigenvalue weighted by atomic mass is 10.0. The first-order valence-electron chi connectivity index (χ1n) is 10.2. The molecule has 1 aliphatic carbocycles. The number of aromatic nitrogens is 2. The van der Waals surface area contributed by atoms with Crippen LogP contribution in [-0.4, -0.2) is 54.1 Å². The summed E-state index contributed by atoms with van der Waals surface area (Å²) in [5.74, 6) is 1.90. The molecule has 0 atom stereocenters. The Hall–Kier alpha value is -1.89. The Morgan fingerprint density at radius 3 is 2.69 bits per heavy atom. The molecule has 2 heterocycles. The van der Waals surface area contributed by atoms with Gasteiger partial charge in [-0.05, 0) is 61.7 Å². The standard InChI is InChI=1S/C22H27ClN4OS/c1-28-20-6-2-4-17(16-20)5-3-11-26-12-14-27(15-13-26)22-24-21(25-29-22)18-7-9-19(23)10-8-18/h4,7-10,16H,2-3,5-6,11-15H2,1H3. The zero-order valence-electron chi connectivity index (χ0n) is 16.8. The van der Waals surface area contributed by atoms with Gasteiger partial charge in [0.05, 0.1) is 12.9 Å². The number of hydrogen-bond acceptors (Lipinski definition) is 6. The average Bonchev–Trinajstić information content (AvgIpc) is 3.25. The number of methoxy groups -OCH3 is 1. The normalized spacial score (nSPS) is 17.8. The van der Waals surface area contributed by atoms with Gasteiger partial charge in [-0.1, -0.05) is 17.7 Å². The molecule has 0 saturated carbocycles. The van der Waals surface area contributed by atoms with Gasteiger partial charge in [-0.3, -0.25) is 4.90 Å². The van der Waals surface area contributed by atoms with E-state index in [-0.39, 0.29) is 0 Å². The number of anilines is 1. The van der Waals surface area contributed by atoms with Crippen LogP contribution in [0.5, 0.6) is 0 Å². The zero-order valence-corrected chi connectivity index (χ0v) is 18.4. The van der Waals surface area contributed by atoms with Crippen LogP contribution in [-0.2, 0) is 4.74 Å². The minimum atomic E-state index is 0.732. The third-order valence-electron chi connectivity index (χ3n) is 5.51. The van der Waals surface area contributed by atoms with Crippen LogP contribution in [0.3, 0.4) is 0 Å². The molecule has 4 rings (SSSR count). The summed E-state index contributed by atoms with van der Waals surface area (Å²) < 4.78 is 9.93. The molecule has 0 bridgehead atoms. The molecule has 0 radical (unpaired) electrons. The second-order valence-electron chi connectivity index (χ2n) is 7.47. The van der Waals surface area contributed by atoms with E-state index in [2.05, 4.69) is 26.3 Å². The molecule has 7 heteroatoms. The van der Waals surface area contributed by atoms with E-state index in [1.165, 1.54) is 23.5 Å². The molecule has 1 saturated heterocycles. The van der Waals surface area contributed by atoms with Crippen LogP contribution in [0.15, 0.2) is 47.7 Å². The monoisotopic (exact) mass is 430 g/mol. The van der Waals surface area contributed by atoms with E-state index >= 15 is 0 Å². The SMILES string of the molecule is COC1=CC(CCCN2CCN(c3nc(-c4ccc(Cl)cc4)ns3)CC2)=CCC1. The minimum Gasteiger partial charge on any atom is -0.501 e. The molecule has 1 aliphatic heterocycles. The van der Waals surface area contributed by atoms with Gasteiger partial charge in [0, 0.05) is 54.7 Å². The van der Waals surface area contributed by atoms with Crippen LogP contribution in [0.25, 0.3) is 11.4 Å². The quantitative estimate of drug-likeness (QED) is 0.617. The molecular formula is C22H27ClN4OS. The first kappa shape index (κ1) is 20.4. The van der Waals surface area contributed by atoms with Crippen LogP contribution in [0.4, 0.5) is 5.13 Å². The van der Waals surface area contributed by atoms with E-state index in [1.807, 2.05) is 24.3 Å².